The van der Waals surface area contributed by atoms with Crippen LogP contribution in [0.1, 0.15) is 74.4 Å². The van der Waals surface area contributed by atoms with Gasteiger partial charge in [0, 0.05) is 41.6 Å². The molecule has 0 radical (unpaired) electrons. The number of carbonyl (C=O) groups excluding carboxylic acids is 6. The molecule has 23 heteroatoms. The van der Waals surface area contributed by atoms with Crippen molar-refractivity contribution in [2.45, 2.75) is 99.7 Å². The number of phenolic OH excluding ortho intramolecular Hbond substituents is 2. The second-order valence-electron chi connectivity index (χ2n) is 16.5. The second-order valence-corrected chi connectivity index (χ2v) is 16.5. The highest BCUT2D eigenvalue weighted by molar-refractivity contribution is 6.31. The van der Waals surface area contributed by atoms with E-state index in [4.69, 9.17) is 33.2 Å². The monoisotopic (exact) mass is 938 g/mol. The number of benzene rings is 3. The number of aliphatic hydroxyl groups excluding tert-OH is 4. The van der Waals surface area contributed by atoms with Crippen LogP contribution in [0.2, 0.25) is 0 Å². The van der Waals surface area contributed by atoms with Crippen molar-refractivity contribution in [3.05, 3.63) is 81.4 Å². The number of methoxy groups -OCH3 is 2. The summed E-state index contributed by atoms with van der Waals surface area (Å²) in [4.78, 5) is 80.3. The third-order valence-corrected chi connectivity index (χ3v) is 12.5. The van der Waals surface area contributed by atoms with E-state index in [0.29, 0.717) is 5.56 Å². The lowest BCUT2D eigenvalue weighted by Crippen LogP contribution is -2.61. The number of aromatic hydroxyl groups is 2. The van der Waals surface area contributed by atoms with Gasteiger partial charge in [-0.2, -0.15) is 0 Å². The van der Waals surface area contributed by atoms with E-state index < -0.39 is 145 Å². The maximum atomic E-state index is 14.0. The van der Waals surface area contributed by atoms with Crippen molar-refractivity contribution >= 4 is 41.2 Å². The highest BCUT2D eigenvalue weighted by Crippen LogP contribution is 2.53. The zero-order chi connectivity index (χ0) is 48.2. The Morgan fingerprint density at radius 1 is 0.910 bits per heavy atom. The van der Waals surface area contributed by atoms with Crippen LogP contribution in [-0.2, 0) is 55.8 Å². The molecule has 2 amide bonds. The molecular weight excluding hydrogens is 892 g/mol. The number of hydrogen-bond donors (Lipinski definition) is 8. The number of amides is 2. The molecule has 2 unspecified atom stereocenters. The van der Waals surface area contributed by atoms with Gasteiger partial charge in [-0.05, 0) is 30.7 Å². The molecule has 0 spiro atoms. The minimum Gasteiger partial charge on any atom is -0.507 e. The summed E-state index contributed by atoms with van der Waals surface area (Å²) in [6, 6.07) is 9.44. The Labute approximate surface area is 379 Å². The topological polar surface area (TPSA) is 333 Å². The van der Waals surface area contributed by atoms with Gasteiger partial charge in [0.25, 0.3) is 0 Å². The number of rotatable bonds is 10. The van der Waals surface area contributed by atoms with Crippen LogP contribution in [0, 0.1) is 0 Å². The van der Waals surface area contributed by atoms with Crippen molar-refractivity contribution < 1.29 is 102 Å². The molecular formula is C44H46N2O21. The number of phenols is 2. The van der Waals surface area contributed by atoms with Gasteiger partial charge in [0.1, 0.15) is 67.2 Å². The molecule has 0 bridgehead atoms. The van der Waals surface area contributed by atoms with Crippen LogP contribution < -0.4 is 10.1 Å². The Morgan fingerprint density at radius 2 is 1.63 bits per heavy atom. The molecule has 2 aliphatic carbocycles. The fourth-order valence-electron chi connectivity index (χ4n) is 9.10. The highest BCUT2D eigenvalue weighted by Gasteiger charge is 2.53. The number of esters is 1. The summed E-state index contributed by atoms with van der Waals surface area (Å²) in [5.41, 5.74) is -3.54. The molecule has 23 nitrogen and oxygen atoms in total. The minimum atomic E-state index is -2.37. The summed E-state index contributed by atoms with van der Waals surface area (Å²) in [7, 11) is 2.30. The van der Waals surface area contributed by atoms with Crippen LogP contribution in [0.3, 0.4) is 0 Å². The number of anilines is 1. The van der Waals surface area contributed by atoms with E-state index >= 15 is 0 Å². The number of ether oxygens (including phenoxy) is 8. The molecule has 3 aromatic carbocycles. The van der Waals surface area contributed by atoms with Crippen LogP contribution in [0.4, 0.5) is 15.3 Å². The lowest BCUT2D eigenvalue weighted by Gasteiger charge is -2.42. The first-order chi connectivity index (χ1) is 31.9. The first kappa shape index (κ1) is 47.2. The number of ketones is 3. The van der Waals surface area contributed by atoms with Crippen molar-refractivity contribution in [2.75, 3.05) is 32.9 Å². The maximum absolute atomic E-state index is 14.0. The van der Waals surface area contributed by atoms with Gasteiger partial charge in [0.05, 0.1) is 49.2 Å². The summed E-state index contributed by atoms with van der Waals surface area (Å²) in [6.07, 6.45) is -16.7. The fourth-order valence-corrected chi connectivity index (χ4v) is 9.10. The van der Waals surface area contributed by atoms with Crippen molar-refractivity contribution in [1.82, 2.24) is 4.90 Å². The van der Waals surface area contributed by atoms with Crippen LogP contribution in [0.15, 0.2) is 42.5 Å². The van der Waals surface area contributed by atoms with E-state index in [1.54, 1.807) is 6.92 Å². The average Bonchev–Trinajstić information content (AvgIpc) is 3.75. The molecule has 67 heavy (non-hydrogen) atoms. The number of fused-ring (bicyclic) bond motifs is 4. The Kier molecular flexibility index (Phi) is 13.0. The summed E-state index contributed by atoms with van der Waals surface area (Å²) >= 11 is 0. The third kappa shape index (κ3) is 8.42. The van der Waals surface area contributed by atoms with Gasteiger partial charge < -0.3 is 73.6 Å². The number of carbonyl (C=O) groups is 6. The number of nitrogens with one attached hydrogen (secondary N) is 1. The minimum absolute atomic E-state index is 0.0407. The molecule has 3 heterocycles. The number of Topliss-reactive ketones (excluding diaryl/α,β-unsaturated/α-hetero) is 1. The molecule has 3 fully saturated rings. The van der Waals surface area contributed by atoms with Crippen molar-refractivity contribution in [3.63, 3.8) is 0 Å². The fraction of sp³-hybridized carbons (Fsp3) is 0.455. The average molecular weight is 939 g/mol. The summed E-state index contributed by atoms with van der Waals surface area (Å²) in [6.45, 7) is 0.0872. The van der Waals surface area contributed by atoms with E-state index in [1.165, 1.54) is 54.5 Å². The van der Waals surface area contributed by atoms with Crippen LogP contribution in [-0.4, -0.2) is 165 Å². The molecule has 8 rings (SSSR count). The molecule has 0 aromatic heterocycles. The SMILES string of the molecule is COC(=O)[C@H]1OC(OC(=O)Nc2ccc(COC(=O)N3CO[C@@H]4[C@H](C)OC(O[C@H]5C[C@](O)(C(=O)CO)Cc6c(O)c7c(c(O)c65)C(=O)c5c(OC)cccc5C7=O)C[C@@H]43)cc2)[C@H](O)[C@@H](O)[C@@H]1O. The first-order valence-electron chi connectivity index (χ1n) is 20.8. The van der Waals surface area contributed by atoms with Crippen LogP contribution in [0.25, 0.3) is 0 Å². The van der Waals surface area contributed by atoms with E-state index in [1.807, 2.05) is 0 Å². The van der Waals surface area contributed by atoms with E-state index in [2.05, 4.69) is 10.1 Å². The first-order valence-corrected chi connectivity index (χ1v) is 20.8. The van der Waals surface area contributed by atoms with E-state index in [0.717, 1.165) is 7.11 Å². The largest absolute Gasteiger partial charge is 0.507 e. The van der Waals surface area contributed by atoms with Crippen molar-refractivity contribution in [3.8, 4) is 17.2 Å². The number of aliphatic hydroxyl groups is 5. The second kappa shape index (κ2) is 18.4. The summed E-state index contributed by atoms with van der Waals surface area (Å²) in [5, 5.41) is 77.8. The highest BCUT2D eigenvalue weighted by atomic mass is 16.7. The van der Waals surface area contributed by atoms with Gasteiger partial charge in [-0.1, -0.05) is 24.3 Å². The predicted molar refractivity (Wildman–Crippen MR) is 219 cm³/mol. The summed E-state index contributed by atoms with van der Waals surface area (Å²) in [5.74, 6) is -5.26. The molecule has 8 N–H and O–H groups in total. The zero-order valence-corrected chi connectivity index (χ0v) is 35.9. The van der Waals surface area contributed by atoms with Gasteiger partial charge in [0.15, 0.2) is 24.0 Å². The van der Waals surface area contributed by atoms with Gasteiger partial charge in [0.2, 0.25) is 12.1 Å². The Morgan fingerprint density at radius 3 is 2.31 bits per heavy atom. The van der Waals surface area contributed by atoms with Gasteiger partial charge in [-0.25, -0.2) is 14.4 Å². The van der Waals surface area contributed by atoms with Gasteiger partial charge in [-0.3, -0.25) is 24.6 Å². The van der Waals surface area contributed by atoms with Gasteiger partial charge >= 0.3 is 18.2 Å². The lowest BCUT2D eigenvalue weighted by atomic mass is 9.72. The lowest BCUT2D eigenvalue weighted by molar-refractivity contribution is -0.278. The van der Waals surface area contributed by atoms with E-state index in [-0.39, 0.29) is 53.4 Å². The Hall–Kier alpha value is -6.28. The van der Waals surface area contributed by atoms with Crippen LogP contribution in [0.5, 0.6) is 17.2 Å². The maximum Gasteiger partial charge on any atom is 0.414 e. The quantitative estimate of drug-likeness (QED) is 0.0598. The normalized spacial score (nSPS) is 29.7. The predicted octanol–water partition coefficient (Wildman–Crippen LogP) is 0.206. The third-order valence-electron chi connectivity index (χ3n) is 12.5. The number of nitrogens with zero attached hydrogens (tertiary/aromatic N) is 1. The molecule has 3 saturated heterocycles. The molecule has 358 valence electrons. The van der Waals surface area contributed by atoms with E-state index in [9.17, 15) is 64.5 Å². The molecule has 5 aliphatic rings. The Bertz CT molecular complexity index is 2500. The van der Waals surface area contributed by atoms with Crippen molar-refractivity contribution in [2.24, 2.45) is 0 Å². The van der Waals surface area contributed by atoms with Crippen molar-refractivity contribution in [1.29, 1.82) is 0 Å². The number of hydrogen-bond acceptors (Lipinski definition) is 21. The van der Waals surface area contributed by atoms with Gasteiger partial charge in [-0.15, -0.1) is 0 Å². The molecule has 3 aromatic rings. The Balaban J connectivity index is 0.948. The van der Waals surface area contributed by atoms with Crippen LogP contribution >= 0.6 is 0 Å². The molecule has 0 saturated carbocycles. The molecule has 3 aliphatic heterocycles. The standard InChI is InChI=1S/C44H46N2O21/c1-17-38-22(46(16-63-38)43(58)62-15-18-7-9-19(10-8-18)45-42(57)67-41-37(55)35(53)36(54)39(66-41)40(56)61-3)11-26(64-17)65-24-13-44(59,25(48)14-47)12-21-28(24)34(52)30-29(32(21)50)31(49)20-5-4-6-23(60-2)27(20)33(30)51/h4-10,17,22,24,26,35-39,41,47,50,52-55,59H,11-16H2,1-3H3,(H,45,57)/t17-,22-,24-,26?,35-,36-,37+,38+,39-,41?,44-/m0/s1. The molecule has 11 atom stereocenters. The zero-order valence-electron chi connectivity index (χ0n) is 35.9. The smallest absolute Gasteiger partial charge is 0.414 e. The summed E-state index contributed by atoms with van der Waals surface area (Å²) < 4.78 is 44.0.